The van der Waals surface area contributed by atoms with Crippen LogP contribution in [0, 0.1) is 0 Å². The second-order valence-electron chi connectivity index (χ2n) is 3.49. The zero-order valence-electron chi connectivity index (χ0n) is 8.93. The molecule has 5 nitrogen and oxygen atoms in total. The minimum Gasteiger partial charge on any atom is -0.379 e. The molecule has 0 spiro atoms. The first-order valence-electron chi connectivity index (χ1n) is 5.20. The van der Waals surface area contributed by atoms with Crippen LogP contribution in [0.5, 0.6) is 0 Å². The van der Waals surface area contributed by atoms with E-state index in [-0.39, 0.29) is 0 Å². The molecule has 0 saturated carbocycles. The molecule has 1 N–H and O–H groups in total. The van der Waals surface area contributed by atoms with Crippen LogP contribution in [-0.2, 0) is 4.74 Å². The van der Waals surface area contributed by atoms with Crippen molar-refractivity contribution in [2.24, 2.45) is 0 Å². The van der Waals surface area contributed by atoms with Gasteiger partial charge >= 0.3 is 0 Å². The number of nitrogens with one attached hydrogen (secondary N) is 1. The van der Waals surface area contributed by atoms with Gasteiger partial charge in [-0.25, -0.2) is 0 Å². The highest BCUT2D eigenvalue weighted by Gasteiger charge is 2.10. The van der Waals surface area contributed by atoms with Gasteiger partial charge < -0.3 is 10.1 Å². The van der Waals surface area contributed by atoms with Gasteiger partial charge in [0, 0.05) is 25.5 Å². The first-order valence-corrected chi connectivity index (χ1v) is 5.61. The summed E-state index contributed by atoms with van der Waals surface area (Å²) in [6, 6.07) is 0. The van der Waals surface area contributed by atoms with Crippen LogP contribution in [0.15, 0.2) is 18.6 Å². The summed E-state index contributed by atoms with van der Waals surface area (Å²) in [5.41, 5.74) is 0.714. The van der Waals surface area contributed by atoms with Gasteiger partial charge in [0.1, 0.15) is 10.7 Å². The van der Waals surface area contributed by atoms with Crippen LogP contribution in [0.25, 0.3) is 0 Å². The predicted octanol–water partition coefficient (Wildman–Crippen LogP) is 0.0314. The van der Waals surface area contributed by atoms with Gasteiger partial charge in [0.25, 0.3) is 0 Å². The maximum Gasteiger partial charge on any atom is 0.127 e. The lowest BCUT2D eigenvalue weighted by Gasteiger charge is -2.26. The van der Waals surface area contributed by atoms with Gasteiger partial charge in [-0.2, -0.15) is 0 Å². The van der Waals surface area contributed by atoms with Crippen molar-refractivity contribution in [2.75, 3.05) is 33.0 Å². The summed E-state index contributed by atoms with van der Waals surface area (Å²) in [5.74, 6) is 0. The SMILES string of the molecule is S=C(NCN1CCOCC1)c1cnccn1. The predicted molar refractivity (Wildman–Crippen MR) is 64.1 cm³/mol. The molecular formula is C10H14N4OS. The number of ether oxygens (including phenoxy) is 1. The molecule has 1 fully saturated rings. The molecule has 0 unspecified atom stereocenters. The molecule has 0 radical (unpaired) electrons. The zero-order valence-corrected chi connectivity index (χ0v) is 9.74. The third-order valence-electron chi connectivity index (χ3n) is 2.36. The smallest absolute Gasteiger partial charge is 0.127 e. The van der Waals surface area contributed by atoms with E-state index in [0.29, 0.717) is 10.7 Å². The number of nitrogens with zero attached hydrogens (tertiary/aromatic N) is 3. The monoisotopic (exact) mass is 238 g/mol. The fraction of sp³-hybridized carbons (Fsp3) is 0.500. The molecule has 1 saturated heterocycles. The summed E-state index contributed by atoms with van der Waals surface area (Å²) in [6.07, 6.45) is 4.93. The summed E-state index contributed by atoms with van der Waals surface area (Å²) in [7, 11) is 0. The van der Waals surface area contributed by atoms with E-state index >= 15 is 0 Å². The average molecular weight is 238 g/mol. The highest BCUT2D eigenvalue weighted by atomic mass is 32.1. The summed E-state index contributed by atoms with van der Waals surface area (Å²) in [6.45, 7) is 4.20. The first-order chi connectivity index (χ1) is 7.86. The lowest BCUT2D eigenvalue weighted by Crippen LogP contribution is -2.43. The minimum atomic E-state index is 0.639. The summed E-state index contributed by atoms with van der Waals surface area (Å²) in [4.78, 5) is 11.0. The van der Waals surface area contributed by atoms with E-state index in [4.69, 9.17) is 17.0 Å². The van der Waals surface area contributed by atoms with Gasteiger partial charge in [-0.15, -0.1) is 0 Å². The highest BCUT2D eigenvalue weighted by molar-refractivity contribution is 7.80. The molecule has 0 bridgehead atoms. The molecule has 2 rings (SSSR count). The Morgan fingerprint density at radius 2 is 2.25 bits per heavy atom. The van der Waals surface area contributed by atoms with E-state index < -0.39 is 0 Å². The summed E-state index contributed by atoms with van der Waals surface area (Å²) >= 11 is 5.22. The Bertz CT molecular complexity index is 340. The second kappa shape index (κ2) is 5.83. The van der Waals surface area contributed by atoms with E-state index in [1.807, 2.05) is 0 Å². The van der Waals surface area contributed by atoms with E-state index in [1.165, 1.54) is 0 Å². The molecule has 1 aliphatic rings. The Labute approximate surface area is 99.8 Å². The van der Waals surface area contributed by atoms with Crippen molar-refractivity contribution in [3.05, 3.63) is 24.3 Å². The molecule has 1 aromatic heterocycles. The zero-order chi connectivity index (χ0) is 11.2. The first kappa shape index (κ1) is 11.4. The van der Waals surface area contributed by atoms with Gasteiger partial charge in [0.2, 0.25) is 0 Å². The lowest BCUT2D eigenvalue weighted by atomic mass is 10.4. The Balaban J connectivity index is 1.79. The Morgan fingerprint density at radius 1 is 1.44 bits per heavy atom. The molecule has 6 heteroatoms. The van der Waals surface area contributed by atoms with Crippen molar-refractivity contribution in [1.29, 1.82) is 0 Å². The Hall–Kier alpha value is -1.11. The topological polar surface area (TPSA) is 50.3 Å². The third kappa shape index (κ3) is 3.19. The normalized spacial score (nSPS) is 17.0. The van der Waals surface area contributed by atoms with Crippen LogP contribution in [0.4, 0.5) is 0 Å². The van der Waals surface area contributed by atoms with Crippen molar-refractivity contribution in [2.45, 2.75) is 0 Å². The van der Waals surface area contributed by atoms with E-state index in [9.17, 15) is 0 Å². The number of morpholine rings is 1. The van der Waals surface area contributed by atoms with Crippen molar-refractivity contribution >= 4 is 17.2 Å². The molecule has 1 aromatic rings. The van der Waals surface area contributed by atoms with Crippen LogP contribution >= 0.6 is 12.2 Å². The van der Waals surface area contributed by atoms with Gasteiger partial charge in [0.15, 0.2) is 0 Å². The van der Waals surface area contributed by atoms with Gasteiger partial charge in [0.05, 0.1) is 26.1 Å². The minimum absolute atomic E-state index is 0.639. The standard InChI is InChI=1S/C10H14N4OS/c16-10(9-7-11-1-2-12-9)13-8-14-3-5-15-6-4-14/h1-2,7H,3-6,8H2,(H,13,16). The molecule has 1 aliphatic heterocycles. The molecule has 0 atom stereocenters. The molecule has 0 aliphatic carbocycles. The molecule has 86 valence electrons. The van der Waals surface area contributed by atoms with Crippen LogP contribution in [0.1, 0.15) is 5.69 Å². The van der Waals surface area contributed by atoms with E-state index in [0.717, 1.165) is 33.0 Å². The van der Waals surface area contributed by atoms with Crippen molar-refractivity contribution < 1.29 is 4.74 Å². The maximum atomic E-state index is 5.27. The molecular weight excluding hydrogens is 224 g/mol. The summed E-state index contributed by atoms with van der Waals surface area (Å²) < 4.78 is 5.27. The molecule has 16 heavy (non-hydrogen) atoms. The van der Waals surface area contributed by atoms with E-state index in [2.05, 4.69) is 20.2 Å². The van der Waals surface area contributed by atoms with Crippen molar-refractivity contribution in [3.8, 4) is 0 Å². The Morgan fingerprint density at radius 3 is 2.94 bits per heavy atom. The molecule has 2 heterocycles. The van der Waals surface area contributed by atoms with Crippen LogP contribution in [-0.4, -0.2) is 52.8 Å². The van der Waals surface area contributed by atoms with Gasteiger partial charge in [-0.3, -0.25) is 14.9 Å². The number of hydrogen-bond acceptors (Lipinski definition) is 5. The average Bonchev–Trinajstić information content (AvgIpc) is 2.38. The quantitative estimate of drug-likeness (QED) is 0.750. The fourth-order valence-corrected chi connectivity index (χ4v) is 1.62. The fourth-order valence-electron chi connectivity index (χ4n) is 1.45. The van der Waals surface area contributed by atoms with Gasteiger partial charge in [-0.1, -0.05) is 12.2 Å². The number of rotatable bonds is 3. The van der Waals surface area contributed by atoms with Crippen LogP contribution < -0.4 is 5.32 Å². The third-order valence-corrected chi connectivity index (χ3v) is 2.72. The lowest BCUT2D eigenvalue weighted by molar-refractivity contribution is 0.0367. The summed E-state index contributed by atoms with van der Waals surface area (Å²) in [5, 5.41) is 3.17. The van der Waals surface area contributed by atoms with Crippen molar-refractivity contribution in [1.82, 2.24) is 20.2 Å². The Kier molecular flexibility index (Phi) is 4.15. The molecule has 0 aromatic carbocycles. The van der Waals surface area contributed by atoms with Crippen LogP contribution in [0.3, 0.4) is 0 Å². The number of aromatic nitrogens is 2. The maximum absolute atomic E-state index is 5.27. The van der Waals surface area contributed by atoms with Crippen molar-refractivity contribution in [3.63, 3.8) is 0 Å². The highest BCUT2D eigenvalue weighted by Crippen LogP contribution is 1.96. The number of hydrogen-bond donors (Lipinski definition) is 1. The largest absolute Gasteiger partial charge is 0.379 e. The number of thiocarbonyl (C=S) groups is 1. The van der Waals surface area contributed by atoms with E-state index in [1.54, 1.807) is 18.6 Å². The molecule has 0 amide bonds. The van der Waals surface area contributed by atoms with Crippen LogP contribution in [0.2, 0.25) is 0 Å². The van der Waals surface area contributed by atoms with Gasteiger partial charge in [-0.05, 0) is 0 Å². The second-order valence-corrected chi connectivity index (χ2v) is 3.89.